The molecule has 2 rings (SSSR count). The van der Waals surface area contributed by atoms with Crippen molar-refractivity contribution in [3.8, 4) is 5.75 Å². The van der Waals surface area contributed by atoms with Crippen LogP contribution in [-0.2, 0) is 13.2 Å². The van der Waals surface area contributed by atoms with Crippen molar-refractivity contribution < 1.29 is 9.94 Å². The minimum atomic E-state index is 0.434. The standard InChI is InChI=1S/C16H21N3O2/c1-5-19-14(9-12(3)17-19)10-21-16-7-6-11(2)8-15(16)13(4)18-20/h6-9,20H,5,10H2,1-4H3. The van der Waals surface area contributed by atoms with Gasteiger partial charge in [0.25, 0.3) is 0 Å². The van der Waals surface area contributed by atoms with Gasteiger partial charge in [-0.25, -0.2) is 0 Å². The first-order valence-corrected chi connectivity index (χ1v) is 7.01. The Morgan fingerprint density at radius 3 is 2.76 bits per heavy atom. The molecular weight excluding hydrogens is 266 g/mol. The van der Waals surface area contributed by atoms with E-state index >= 15 is 0 Å². The van der Waals surface area contributed by atoms with E-state index in [0.717, 1.165) is 29.1 Å². The molecule has 0 saturated heterocycles. The van der Waals surface area contributed by atoms with E-state index in [1.165, 1.54) is 0 Å². The number of ether oxygens (including phenoxy) is 1. The van der Waals surface area contributed by atoms with Crippen LogP contribution in [0.5, 0.6) is 5.75 Å². The molecule has 0 atom stereocenters. The zero-order chi connectivity index (χ0) is 15.4. The van der Waals surface area contributed by atoms with Crippen molar-refractivity contribution in [1.82, 2.24) is 9.78 Å². The molecule has 112 valence electrons. The maximum atomic E-state index is 8.99. The van der Waals surface area contributed by atoms with Crippen molar-refractivity contribution in [1.29, 1.82) is 0 Å². The average molecular weight is 287 g/mol. The van der Waals surface area contributed by atoms with Crippen LogP contribution in [0.1, 0.15) is 36.4 Å². The molecule has 2 aromatic rings. The largest absolute Gasteiger partial charge is 0.487 e. The first kappa shape index (κ1) is 15.1. The third-order valence-corrected chi connectivity index (χ3v) is 3.34. The number of rotatable bonds is 5. The highest BCUT2D eigenvalue weighted by atomic mass is 16.5. The molecule has 0 aliphatic rings. The fourth-order valence-corrected chi connectivity index (χ4v) is 2.25. The van der Waals surface area contributed by atoms with E-state index in [9.17, 15) is 0 Å². The molecule has 0 radical (unpaired) electrons. The van der Waals surface area contributed by atoms with Crippen molar-refractivity contribution in [2.75, 3.05) is 0 Å². The molecule has 0 bridgehead atoms. The molecule has 0 aliphatic heterocycles. The van der Waals surface area contributed by atoms with Crippen LogP contribution in [0, 0.1) is 13.8 Å². The quantitative estimate of drug-likeness (QED) is 0.521. The monoisotopic (exact) mass is 287 g/mol. The first-order valence-electron chi connectivity index (χ1n) is 7.01. The number of nitrogens with zero attached hydrogens (tertiary/aromatic N) is 3. The molecule has 0 saturated carbocycles. The number of aryl methyl sites for hydroxylation is 3. The summed E-state index contributed by atoms with van der Waals surface area (Å²) in [6, 6.07) is 7.85. The Balaban J connectivity index is 2.23. The van der Waals surface area contributed by atoms with Crippen LogP contribution < -0.4 is 4.74 Å². The SMILES string of the molecule is CCn1nc(C)cc1COc1ccc(C)cc1C(C)=NO. The van der Waals surface area contributed by atoms with Crippen LogP contribution in [0.4, 0.5) is 0 Å². The summed E-state index contributed by atoms with van der Waals surface area (Å²) in [6.07, 6.45) is 0. The fourth-order valence-electron chi connectivity index (χ4n) is 2.25. The van der Waals surface area contributed by atoms with Gasteiger partial charge in [0.1, 0.15) is 12.4 Å². The van der Waals surface area contributed by atoms with Gasteiger partial charge in [-0.05, 0) is 45.9 Å². The Morgan fingerprint density at radius 1 is 1.33 bits per heavy atom. The second-order valence-electron chi connectivity index (χ2n) is 5.07. The van der Waals surface area contributed by atoms with Gasteiger partial charge in [-0.1, -0.05) is 16.8 Å². The molecule has 0 unspecified atom stereocenters. The Hall–Kier alpha value is -2.30. The molecule has 1 aromatic carbocycles. The normalized spacial score (nSPS) is 11.7. The van der Waals surface area contributed by atoms with Crippen LogP contribution >= 0.6 is 0 Å². The molecule has 0 spiro atoms. The number of aromatic nitrogens is 2. The number of hydrogen-bond acceptors (Lipinski definition) is 4. The van der Waals surface area contributed by atoms with Gasteiger partial charge >= 0.3 is 0 Å². The van der Waals surface area contributed by atoms with Gasteiger partial charge in [-0.3, -0.25) is 4.68 Å². The summed E-state index contributed by atoms with van der Waals surface area (Å²) >= 11 is 0. The van der Waals surface area contributed by atoms with Gasteiger partial charge in [0.15, 0.2) is 0 Å². The van der Waals surface area contributed by atoms with Crippen molar-refractivity contribution in [2.24, 2.45) is 5.16 Å². The molecule has 1 N–H and O–H groups in total. The molecule has 5 nitrogen and oxygen atoms in total. The highest BCUT2D eigenvalue weighted by Gasteiger charge is 2.10. The summed E-state index contributed by atoms with van der Waals surface area (Å²) in [5.41, 5.74) is 4.44. The summed E-state index contributed by atoms with van der Waals surface area (Å²) < 4.78 is 7.83. The van der Waals surface area contributed by atoms with Crippen LogP contribution in [0.15, 0.2) is 29.4 Å². The lowest BCUT2D eigenvalue weighted by molar-refractivity contribution is 0.290. The molecule has 21 heavy (non-hydrogen) atoms. The van der Waals surface area contributed by atoms with Crippen LogP contribution in [0.25, 0.3) is 0 Å². The summed E-state index contributed by atoms with van der Waals surface area (Å²) in [4.78, 5) is 0. The molecular formula is C16H21N3O2. The highest BCUT2D eigenvalue weighted by molar-refractivity contribution is 6.00. The van der Waals surface area contributed by atoms with E-state index in [4.69, 9.17) is 9.94 Å². The molecule has 1 aromatic heterocycles. The lowest BCUT2D eigenvalue weighted by atomic mass is 10.1. The van der Waals surface area contributed by atoms with Gasteiger partial charge in [-0.15, -0.1) is 0 Å². The number of hydrogen-bond donors (Lipinski definition) is 1. The Kier molecular flexibility index (Phi) is 4.62. The minimum absolute atomic E-state index is 0.434. The third-order valence-electron chi connectivity index (χ3n) is 3.34. The summed E-state index contributed by atoms with van der Waals surface area (Å²) in [5, 5.41) is 16.7. The van der Waals surface area contributed by atoms with Gasteiger partial charge in [0.2, 0.25) is 0 Å². The Morgan fingerprint density at radius 2 is 2.10 bits per heavy atom. The van der Waals surface area contributed by atoms with Gasteiger partial charge < -0.3 is 9.94 Å². The zero-order valence-electron chi connectivity index (χ0n) is 12.9. The van der Waals surface area contributed by atoms with Crippen LogP contribution in [0.2, 0.25) is 0 Å². The van der Waals surface area contributed by atoms with E-state index < -0.39 is 0 Å². The molecule has 1 heterocycles. The lowest BCUT2D eigenvalue weighted by Crippen LogP contribution is -2.08. The number of benzene rings is 1. The van der Waals surface area contributed by atoms with Crippen molar-refractivity contribution in [3.63, 3.8) is 0 Å². The van der Waals surface area contributed by atoms with E-state index in [1.54, 1.807) is 6.92 Å². The maximum absolute atomic E-state index is 8.99. The topological polar surface area (TPSA) is 59.6 Å². The summed E-state index contributed by atoms with van der Waals surface area (Å²) in [6.45, 7) is 9.01. The van der Waals surface area contributed by atoms with Gasteiger partial charge in [0.05, 0.1) is 17.1 Å². The van der Waals surface area contributed by atoms with Crippen molar-refractivity contribution in [2.45, 2.75) is 40.8 Å². The van der Waals surface area contributed by atoms with Crippen molar-refractivity contribution in [3.05, 3.63) is 46.8 Å². The number of oxime groups is 1. The lowest BCUT2D eigenvalue weighted by Gasteiger charge is -2.12. The zero-order valence-corrected chi connectivity index (χ0v) is 12.9. The molecule has 0 amide bonds. The smallest absolute Gasteiger partial charge is 0.130 e. The minimum Gasteiger partial charge on any atom is -0.487 e. The van der Waals surface area contributed by atoms with E-state index in [1.807, 2.05) is 42.8 Å². The fraction of sp³-hybridized carbons (Fsp3) is 0.375. The summed E-state index contributed by atoms with van der Waals surface area (Å²) in [5.74, 6) is 0.706. The van der Waals surface area contributed by atoms with E-state index in [-0.39, 0.29) is 0 Å². The van der Waals surface area contributed by atoms with Crippen molar-refractivity contribution >= 4 is 5.71 Å². The molecule has 0 aliphatic carbocycles. The highest BCUT2D eigenvalue weighted by Crippen LogP contribution is 2.22. The van der Waals surface area contributed by atoms with Gasteiger partial charge in [0, 0.05) is 12.1 Å². The second-order valence-corrected chi connectivity index (χ2v) is 5.07. The van der Waals surface area contributed by atoms with Crippen LogP contribution in [0.3, 0.4) is 0 Å². The molecule has 5 heteroatoms. The Bertz CT molecular complexity index is 660. The van der Waals surface area contributed by atoms with E-state index in [0.29, 0.717) is 18.1 Å². The predicted octanol–water partition coefficient (Wildman–Crippen LogP) is 3.30. The maximum Gasteiger partial charge on any atom is 0.130 e. The second kappa shape index (κ2) is 6.43. The first-order chi connectivity index (χ1) is 10.0. The Labute approximate surface area is 124 Å². The van der Waals surface area contributed by atoms with Crippen LogP contribution in [-0.4, -0.2) is 20.7 Å². The van der Waals surface area contributed by atoms with Gasteiger partial charge in [-0.2, -0.15) is 5.10 Å². The van der Waals surface area contributed by atoms with E-state index in [2.05, 4.69) is 17.2 Å². The molecule has 0 fully saturated rings. The summed E-state index contributed by atoms with van der Waals surface area (Å²) in [7, 11) is 0. The average Bonchev–Trinajstić information content (AvgIpc) is 2.85. The predicted molar refractivity (Wildman–Crippen MR) is 82.1 cm³/mol. The third kappa shape index (κ3) is 3.42.